The van der Waals surface area contributed by atoms with Gasteiger partial charge in [-0.05, 0) is 24.4 Å². The third kappa shape index (κ3) is 2.91. The van der Waals surface area contributed by atoms with Crippen LogP contribution >= 0.6 is 0 Å². The molecule has 0 aromatic carbocycles. The van der Waals surface area contributed by atoms with Crippen molar-refractivity contribution in [2.45, 2.75) is 38.0 Å². The van der Waals surface area contributed by atoms with Gasteiger partial charge in [-0.15, -0.1) is 0 Å². The molecule has 2 atom stereocenters. The second-order valence-corrected chi connectivity index (χ2v) is 5.25. The molecule has 1 unspecified atom stereocenters. The summed E-state index contributed by atoms with van der Waals surface area (Å²) in [5, 5.41) is 19.0. The van der Waals surface area contributed by atoms with Crippen molar-refractivity contribution in [1.82, 2.24) is 20.8 Å². The molecule has 2 aliphatic rings. The maximum atomic E-state index is 11.8. The molecule has 0 saturated carbocycles. The van der Waals surface area contributed by atoms with Crippen molar-refractivity contribution in [2.75, 3.05) is 24.5 Å². The van der Waals surface area contributed by atoms with E-state index < -0.39 is 6.10 Å². The van der Waals surface area contributed by atoms with Gasteiger partial charge >= 0.3 is 0 Å². The van der Waals surface area contributed by atoms with Crippen LogP contribution in [0.2, 0.25) is 0 Å². The zero-order valence-corrected chi connectivity index (χ0v) is 11.2. The minimum absolute atomic E-state index is 0.150. The predicted molar refractivity (Wildman–Crippen MR) is 70.0 cm³/mol. The van der Waals surface area contributed by atoms with E-state index in [0.717, 1.165) is 25.9 Å². The molecule has 2 aliphatic heterocycles. The highest BCUT2D eigenvalue weighted by Gasteiger charge is 2.28. The lowest BCUT2D eigenvalue weighted by atomic mass is 10.2. The third-order valence-corrected chi connectivity index (χ3v) is 3.68. The van der Waals surface area contributed by atoms with E-state index in [9.17, 15) is 9.90 Å². The lowest BCUT2D eigenvalue weighted by Crippen LogP contribution is -2.40. The SMILES string of the molecule is O=C(NCc1nc(N2CCCC2)no1)[C@@H]1CC(O)CN1. The van der Waals surface area contributed by atoms with Gasteiger partial charge in [0.25, 0.3) is 5.95 Å². The topological polar surface area (TPSA) is 104 Å². The maximum absolute atomic E-state index is 11.8. The summed E-state index contributed by atoms with van der Waals surface area (Å²) < 4.78 is 5.12. The molecule has 1 amide bonds. The molecule has 8 nitrogen and oxygen atoms in total. The van der Waals surface area contributed by atoms with E-state index in [0.29, 0.717) is 24.8 Å². The predicted octanol–water partition coefficient (Wildman–Crippen LogP) is -0.991. The Bertz CT molecular complexity index is 471. The van der Waals surface area contributed by atoms with Crippen LogP contribution in [0.25, 0.3) is 0 Å². The molecule has 2 saturated heterocycles. The van der Waals surface area contributed by atoms with Gasteiger partial charge in [0.1, 0.15) is 0 Å². The molecule has 0 spiro atoms. The van der Waals surface area contributed by atoms with Gasteiger partial charge in [-0.25, -0.2) is 0 Å². The van der Waals surface area contributed by atoms with Gasteiger partial charge < -0.3 is 25.2 Å². The van der Waals surface area contributed by atoms with Crippen LogP contribution in [-0.4, -0.2) is 52.9 Å². The van der Waals surface area contributed by atoms with Crippen molar-refractivity contribution in [2.24, 2.45) is 0 Å². The Morgan fingerprint density at radius 3 is 3.00 bits per heavy atom. The fourth-order valence-electron chi connectivity index (χ4n) is 2.57. The summed E-state index contributed by atoms with van der Waals surface area (Å²) in [5.41, 5.74) is 0. The molecule has 0 radical (unpaired) electrons. The monoisotopic (exact) mass is 281 g/mol. The molecule has 3 rings (SSSR count). The van der Waals surface area contributed by atoms with Crippen molar-refractivity contribution >= 4 is 11.9 Å². The molecule has 110 valence electrons. The number of nitrogens with zero attached hydrogens (tertiary/aromatic N) is 3. The van der Waals surface area contributed by atoms with Gasteiger partial charge in [0.05, 0.1) is 18.7 Å². The standard InChI is InChI=1S/C12H19N5O3/c18-8-5-9(13-6-8)11(19)14-7-10-15-12(16-20-10)17-3-1-2-4-17/h8-9,13,18H,1-7H2,(H,14,19)/t8?,9-/m0/s1. The maximum Gasteiger partial charge on any atom is 0.266 e. The van der Waals surface area contributed by atoms with Crippen molar-refractivity contribution in [3.05, 3.63) is 5.89 Å². The number of amides is 1. The fourth-order valence-corrected chi connectivity index (χ4v) is 2.57. The van der Waals surface area contributed by atoms with Crippen molar-refractivity contribution in [3.8, 4) is 0 Å². The van der Waals surface area contributed by atoms with Crippen LogP contribution in [0.4, 0.5) is 5.95 Å². The first-order chi connectivity index (χ1) is 9.72. The highest BCUT2D eigenvalue weighted by molar-refractivity contribution is 5.82. The van der Waals surface area contributed by atoms with Crippen molar-refractivity contribution in [1.29, 1.82) is 0 Å². The van der Waals surface area contributed by atoms with Crippen LogP contribution in [0.15, 0.2) is 4.52 Å². The van der Waals surface area contributed by atoms with E-state index in [1.807, 2.05) is 0 Å². The number of aromatic nitrogens is 2. The first-order valence-corrected chi connectivity index (χ1v) is 6.99. The summed E-state index contributed by atoms with van der Waals surface area (Å²) in [6.07, 6.45) is 2.29. The zero-order chi connectivity index (χ0) is 13.9. The Morgan fingerprint density at radius 1 is 1.50 bits per heavy atom. The molecular formula is C12H19N5O3. The lowest BCUT2D eigenvalue weighted by Gasteiger charge is -2.10. The number of β-amino-alcohol motifs (C(OH)–C–C–N with tert-alkyl or cyclic N) is 1. The van der Waals surface area contributed by atoms with Gasteiger partial charge in [-0.2, -0.15) is 4.98 Å². The van der Waals surface area contributed by atoms with E-state index in [1.54, 1.807) is 0 Å². The van der Waals surface area contributed by atoms with E-state index in [1.165, 1.54) is 0 Å². The highest BCUT2D eigenvalue weighted by atomic mass is 16.5. The first kappa shape index (κ1) is 13.3. The summed E-state index contributed by atoms with van der Waals surface area (Å²) in [7, 11) is 0. The Morgan fingerprint density at radius 2 is 2.30 bits per heavy atom. The van der Waals surface area contributed by atoms with Gasteiger partial charge in [0, 0.05) is 19.6 Å². The van der Waals surface area contributed by atoms with Crippen LogP contribution in [0.1, 0.15) is 25.2 Å². The fraction of sp³-hybridized carbons (Fsp3) is 0.750. The average molecular weight is 281 g/mol. The number of carbonyl (C=O) groups excluding carboxylic acids is 1. The molecule has 1 aromatic heterocycles. The summed E-state index contributed by atoms with van der Waals surface area (Å²) >= 11 is 0. The molecule has 2 fully saturated rings. The first-order valence-electron chi connectivity index (χ1n) is 6.99. The Kier molecular flexibility index (Phi) is 3.83. The molecular weight excluding hydrogens is 262 g/mol. The van der Waals surface area contributed by atoms with Crippen LogP contribution in [0.3, 0.4) is 0 Å². The van der Waals surface area contributed by atoms with Crippen molar-refractivity contribution in [3.63, 3.8) is 0 Å². The molecule has 0 bridgehead atoms. The zero-order valence-electron chi connectivity index (χ0n) is 11.2. The molecule has 1 aromatic rings. The van der Waals surface area contributed by atoms with E-state index >= 15 is 0 Å². The summed E-state index contributed by atoms with van der Waals surface area (Å²) in [4.78, 5) is 18.2. The summed E-state index contributed by atoms with van der Waals surface area (Å²) in [6, 6.07) is -0.342. The summed E-state index contributed by atoms with van der Waals surface area (Å²) in [5.74, 6) is 0.849. The minimum Gasteiger partial charge on any atom is -0.392 e. The number of aliphatic hydroxyl groups is 1. The normalized spacial score (nSPS) is 26.1. The van der Waals surface area contributed by atoms with Gasteiger partial charge in [0.15, 0.2) is 0 Å². The number of rotatable bonds is 4. The number of hydrogen-bond donors (Lipinski definition) is 3. The smallest absolute Gasteiger partial charge is 0.266 e. The largest absolute Gasteiger partial charge is 0.392 e. The van der Waals surface area contributed by atoms with Crippen LogP contribution in [0.5, 0.6) is 0 Å². The Hall–Kier alpha value is -1.67. The molecule has 3 heterocycles. The second-order valence-electron chi connectivity index (χ2n) is 5.25. The molecule has 8 heteroatoms. The molecule has 0 aliphatic carbocycles. The summed E-state index contributed by atoms with van der Waals surface area (Å²) in [6.45, 7) is 2.58. The van der Waals surface area contributed by atoms with Crippen LogP contribution in [-0.2, 0) is 11.3 Å². The van der Waals surface area contributed by atoms with E-state index in [4.69, 9.17) is 4.52 Å². The number of anilines is 1. The van der Waals surface area contributed by atoms with Crippen LogP contribution < -0.4 is 15.5 Å². The minimum atomic E-state index is -0.448. The van der Waals surface area contributed by atoms with Gasteiger partial charge in [0.2, 0.25) is 11.8 Å². The van der Waals surface area contributed by atoms with E-state index in [2.05, 4.69) is 25.7 Å². The third-order valence-electron chi connectivity index (χ3n) is 3.68. The number of nitrogens with one attached hydrogen (secondary N) is 2. The van der Waals surface area contributed by atoms with Crippen LogP contribution in [0, 0.1) is 0 Å². The van der Waals surface area contributed by atoms with Gasteiger partial charge in [-0.1, -0.05) is 0 Å². The molecule has 3 N–H and O–H groups in total. The van der Waals surface area contributed by atoms with E-state index in [-0.39, 0.29) is 18.5 Å². The highest BCUT2D eigenvalue weighted by Crippen LogP contribution is 2.16. The quantitative estimate of drug-likeness (QED) is 0.651. The molecule has 20 heavy (non-hydrogen) atoms. The number of carbonyl (C=O) groups is 1. The van der Waals surface area contributed by atoms with Crippen molar-refractivity contribution < 1.29 is 14.4 Å². The second kappa shape index (κ2) is 5.76. The van der Waals surface area contributed by atoms with Gasteiger partial charge in [-0.3, -0.25) is 4.79 Å². The average Bonchev–Trinajstić information content (AvgIpc) is 3.16. The lowest BCUT2D eigenvalue weighted by molar-refractivity contribution is -0.123. The Balaban J connectivity index is 1.49. The number of hydrogen-bond acceptors (Lipinski definition) is 7. The Labute approximate surface area is 116 Å². The number of aliphatic hydroxyl groups excluding tert-OH is 1.